The Morgan fingerprint density at radius 2 is 1.74 bits per heavy atom. The maximum Gasteiger partial charge on any atom is 0.244 e. The Kier molecular flexibility index (Phi) is 6.40. The number of fused-ring (bicyclic) bond motifs is 1. The summed E-state index contributed by atoms with van der Waals surface area (Å²) >= 11 is 0. The Hall–Kier alpha value is -3.91. The van der Waals surface area contributed by atoms with Gasteiger partial charge in [0.2, 0.25) is 5.91 Å². The van der Waals surface area contributed by atoms with Crippen molar-refractivity contribution in [3.63, 3.8) is 0 Å². The van der Waals surface area contributed by atoms with Gasteiger partial charge in [-0.3, -0.25) is 4.79 Å². The van der Waals surface area contributed by atoms with Gasteiger partial charge in [0.25, 0.3) is 0 Å². The number of hydrogen-bond donors (Lipinski definition) is 1. The van der Waals surface area contributed by atoms with E-state index < -0.39 is 0 Å². The van der Waals surface area contributed by atoms with Crippen molar-refractivity contribution >= 4 is 28.4 Å². The van der Waals surface area contributed by atoms with Crippen LogP contribution in [0.25, 0.3) is 11.0 Å². The monoisotopic (exact) mass is 456 g/mol. The average Bonchev–Trinajstić information content (AvgIpc) is 3.21. The van der Waals surface area contributed by atoms with Gasteiger partial charge < -0.3 is 24.4 Å². The van der Waals surface area contributed by atoms with Crippen LogP contribution in [0.1, 0.15) is 5.82 Å². The highest BCUT2D eigenvalue weighted by Crippen LogP contribution is 2.20. The van der Waals surface area contributed by atoms with Crippen LogP contribution in [0.2, 0.25) is 0 Å². The Morgan fingerprint density at radius 1 is 0.971 bits per heavy atom. The second kappa shape index (κ2) is 9.93. The molecule has 0 spiro atoms. The third-order valence-corrected chi connectivity index (χ3v) is 6.01. The first-order valence-corrected chi connectivity index (χ1v) is 11.5. The van der Waals surface area contributed by atoms with Gasteiger partial charge in [-0.05, 0) is 43.4 Å². The van der Waals surface area contributed by atoms with E-state index in [1.54, 1.807) is 6.20 Å². The molecule has 0 saturated carbocycles. The Balaban J connectivity index is 1.27. The second-order valence-electron chi connectivity index (χ2n) is 8.45. The lowest BCUT2D eigenvalue weighted by Gasteiger charge is -2.33. The first-order valence-electron chi connectivity index (χ1n) is 11.5. The smallest absolute Gasteiger partial charge is 0.244 e. The molecule has 1 fully saturated rings. The molecule has 0 radical (unpaired) electrons. The summed E-state index contributed by atoms with van der Waals surface area (Å²) in [4.78, 5) is 26.8. The lowest BCUT2D eigenvalue weighted by molar-refractivity contribution is -0.116. The van der Waals surface area contributed by atoms with Crippen molar-refractivity contribution < 1.29 is 9.53 Å². The van der Waals surface area contributed by atoms with Gasteiger partial charge in [-0.2, -0.15) is 0 Å². The van der Waals surface area contributed by atoms with Crippen molar-refractivity contribution in [3.8, 4) is 5.75 Å². The summed E-state index contributed by atoms with van der Waals surface area (Å²) in [6.45, 7) is 4.36. The molecule has 0 bridgehead atoms. The number of para-hydroxylation sites is 3. The van der Waals surface area contributed by atoms with Crippen LogP contribution >= 0.6 is 0 Å². The zero-order chi connectivity index (χ0) is 23.3. The predicted octanol–water partition coefficient (Wildman–Crippen LogP) is 3.40. The number of amides is 1. The highest BCUT2D eigenvalue weighted by Gasteiger charge is 2.17. The van der Waals surface area contributed by atoms with Gasteiger partial charge in [0.15, 0.2) is 0 Å². The Labute approximate surface area is 198 Å². The highest BCUT2D eigenvalue weighted by atomic mass is 16.5. The van der Waals surface area contributed by atoms with E-state index in [1.807, 2.05) is 71.3 Å². The topological polar surface area (TPSA) is 75.5 Å². The number of rotatable bonds is 7. The Morgan fingerprint density at radius 3 is 2.50 bits per heavy atom. The number of carbonyl (C=O) groups is 1. The second-order valence-corrected chi connectivity index (χ2v) is 8.45. The number of carbonyl (C=O) groups excluding carboxylic acids is 1. The van der Waals surface area contributed by atoms with Gasteiger partial charge in [0, 0.05) is 26.2 Å². The highest BCUT2D eigenvalue weighted by molar-refractivity contribution is 5.91. The Bertz CT molecular complexity index is 1250. The number of hydrogen-bond acceptors (Lipinski definition) is 6. The molecule has 1 N–H and O–H groups in total. The van der Waals surface area contributed by atoms with Gasteiger partial charge in [-0.1, -0.05) is 30.3 Å². The van der Waals surface area contributed by atoms with Crippen molar-refractivity contribution in [3.05, 3.63) is 78.8 Å². The van der Waals surface area contributed by atoms with E-state index in [1.165, 1.54) is 0 Å². The summed E-state index contributed by atoms with van der Waals surface area (Å²) in [6.07, 6.45) is 1.72. The van der Waals surface area contributed by atoms with Crippen molar-refractivity contribution in [2.75, 3.05) is 43.4 Å². The van der Waals surface area contributed by atoms with Crippen LogP contribution < -0.4 is 15.0 Å². The number of nitrogens with one attached hydrogen (secondary N) is 1. The van der Waals surface area contributed by atoms with Crippen LogP contribution in [0.5, 0.6) is 5.75 Å². The number of likely N-dealkylation sites (N-methyl/N-ethyl adjacent to an activating group) is 1. The number of pyridine rings is 1. The fourth-order valence-corrected chi connectivity index (χ4v) is 4.10. The minimum absolute atomic E-state index is 0.133. The van der Waals surface area contributed by atoms with Crippen LogP contribution in [-0.4, -0.2) is 58.6 Å². The molecule has 0 aliphatic carbocycles. The number of piperazine rings is 1. The summed E-state index contributed by atoms with van der Waals surface area (Å²) in [5.41, 5.74) is 2.40. The summed E-state index contributed by atoms with van der Waals surface area (Å²) in [5, 5.41) is 2.97. The molecule has 0 unspecified atom stereocenters. The minimum Gasteiger partial charge on any atom is -0.486 e. The van der Waals surface area contributed by atoms with Gasteiger partial charge in [-0.25, -0.2) is 9.97 Å². The third kappa shape index (κ3) is 5.02. The van der Waals surface area contributed by atoms with Crippen LogP contribution in [0.4, 0.5) is 11.5 Å². The summed E-state index contributed by atoms with van der Waals surface area (Å²) in [6, 6.07) is 21.3. The quantitative estimate of drug-likeness (QED) is 0.459. The van der Waals surface area contributed by atoms with Crippen molar-refractivity contribution in [1.29, 1.82) is 0 Å². The molecule has 3 heterocycles. The molecule has 174 valence electrons. The molecule has 4 aromatic rings. The number of nitrogens with zero attached hydrogens (tertiary/aromatic N) is 5. The first kappa shape index (κ1) is 21.9. The van der Waals surface area contributed by atoms with Gasteiger partial charge in [0.1, 0.15) is 30.5 Å². The molecule has 0 atom stereocenters. The van der Waals surface area contributed by atoms with E-state index in [0.717, 1.165) is 48.8 Å². The van der Waals surface area contributed by atoms with Crippen molar-refractivity contribution in [1.82, 2.24) is 19.4 Å². The maximum absolute atomic E-state index is 12.9. The normalized spacial score (nSPS) is 14.3. The van der Waals surface area contributed by atoms with Crippen molar-refractivity contribution in [2.24, 2.45) is 0 Å². The summed E-state index contributed by atoms with van der Waals surface area (Å²) in [7, 11) is 2.13. The van der Waals surface area contributed by atoms with Crippen LogP contribution in [0.3, 0.4) is 0 Å². The summed E-state index contributed by atoms with van der Waals surface area (Å²) in [5.74, 6) is 2.26. The third-order valence-electron chi connectivity index (χ3n) is 6.01. The first-order chi connectivity index (χ1) is 16.7. The zero-order valence-electron chi connectivity index (χ0n) is 19.2. The van der Waals surface area contributed by atoms with E-state index in [4.69, 9.17) is 9.72 Å². The van der Waals surface area contributed by atoms with Gasteiger partial charge >= 0.3 is 0 Å². The zero-order valence-corrected chi connectivity index (χ0v) is 19.2. The maximum atomic E-state index is 12.9. The van der Waals surface area contributed by atoms with Gasteiger partial charge in [0.05, 0.1) is 22.9 Å². The number of benzene rings is 2. The fraction of sp³-hybridized carbons (Fsp3) is 0.269. The van der Waals surface area contributed by atoms with E-state index in [0.29, 0.717) is 11.5 Å². The van der Waals surface area contributed by atoms with Crippen LogP contribution in [-0.2, 0) is 17.9 Å². The largest absolute Gasteiger partial charge is 0.486 e. The summed E-state index contributed by atoms with van der Waals surface area (Å²) < 4.78 is 7.81. The molecule has 1 amide bonds. The predicted molar refractivity (Wildman–Crippen MR) is 133 cm³/mol. The van der Waals surface area contributed by atoms with E-state index >= 15 is 0 Å². The van der Waals surface area contributed by atoms with Crippen molar-refractivity contribution in [2.45, 2.75) is 13.2 Å². The fourth-order valence-electron chi connectivity index (χ4n) is 4.10. The molecule has 1 saturated heterocycles. The number of anilines is 2. The standard InChI is InChI=1S/C26H28N6O2/c1-30-13-15-31(16-14-30)24-12-11-20(17-27-24)28-26(33)18-32-23-10-6-5-9-22(23)29-25(32)19-34-21-7-3-2-4-8-21/h2-12,17H,13-16,18-19H2,1H3,(H,28,33). The molecule has 5 rings (SSSR count). The van der Waals surface area contributed by atoms with E-state index in [9.17, 15) is 4.79 Å². The number of imidazole rings is 1. The SMILES string of the molecule is CN1CCN(c2ccc(NC(=O)Cn3c(COc4ccccc4)nc4ccccc43)cn2)CC1. The molecule has 1 aliphatic rings. The molecule has 8 heteroatoms. The molecule has 8 nitrogen and oxygen atoms in total. The molecule has 1 aliphatic heterocycles. The molecular weight excluding hydrogens is 428 g/mol. The van der Waals surface area contributed by atoms with E-state index in [2.05, 4.69) is 27.1 Å². The molecule has 34 heavy (non-hydrogen) atoms. The molecular formula is C26H28N6O2. The van der Waals surface area contributed by atoms with Crippen LogP contribution in [0, 0.1) is 0 Å². The van der Waals surface area contributed by atoms with Crippen LogP contribution in [0.15, 0.2) is 72.9 Å². The molecule has 2 aromatic heterocycles. The number of ether oxygens (including phenoxy) is 1. The van der Waals surface area contributed by atoms with Gasteiger partial charge in [-0.15, -0.1) is 0 Å². The molecule has 2 aromatic carbocycles. The van der Waals surface area contributed by atoms with E-state index in [-0.39, 0.29) is 19.1 Å². The minimum atomic E-state index is -0.140. The average molecular weight is 457 g/mol. The lowest BCUT2D eigenvalue weighted by Crippen LogP contribution is -2.44. The number of aromatic nitrogens is 3. The lowest BCUT2D eigenvalue weighted by atomic mass is 10.3.